The van der Waals surface area contributed by atoms with Crippen molar-refractivity contribution in [2.75, 3.05) is 26.2 Å². The van der Waals surface area contributed by atoms with Crippen LogP contribution >= 0.6 is 0 Å². The van der Waals surface area contributed by atoms with E-state index >= 15 is 0 Å². The summed E-state index contributed by atoms with van der Waals surface area (Å²) in [6.07, 6.45) is 1.39. The number of likely N-dealkylation sites (N-methyl/N-ethyl adjacent to an activating group) is 1. The van der Waals surface area contributed by atoms with E-state index in [1.807, 2.05) is 12.2 Å². The Kier molecular flexibility index (Phi) is 14.9. The van der Waals surface area contributed by atoms with Gasteiger partial charge in [0.1, 0.15) is 0 Å². The first-order valence-corrected chi connectivity index (χ1v) is 6.48. The van der Waals surface area contributed by atoms with Crippen molar-refractivity contribution in [2.45, 2.75) is 26.6 Å². The highest BCUT2D eigenvalue weighted by molar-refractivity contribution is 5.07. The average Bonchev–Trinajstić information content (AvgIpc) is 2.40. The summed E-state index contributed by atoms with van der Waals surface area (Å²) in [5, 5.41) is 6.59. The van der Waals surface area contributed by atoms with E-state index in [2.05, 4.69) is 42.4 Å². The summed E-state index contributed by atoms with van der Waals surface area (Å²) in [5.41, 5.74) is 1.25. The van der Waals surface area contributed by atoms with E-state index in [0.717, 1.165) is 32.1 Å². The van der Waals surface area contributed by atoms with Crippen LogP contribution in [0.3, 0.4) is 0 Å². The van der Waals surface area contributed by atoms with Gasteiger partial charge in [-0.05, 0) is 19.0 Å². The van der Waals surface area contributed by atoms with Gasteiger partial charge < -0.3 is 10.6 Å². The number of nitrogens with one attached hydrogen (secondary N) is 2. The van der Waals surface area contributed by atoms with Gasteiger partial charge in [0.15, 0.2) is 0 Å². The van der Waals surface area contributed by atoms with Gasteiger partial charge in [0.05, 0.1) is 6.61 Å². The van der Waals surface area contributed by atoms with E-state index in [4.69, 9.17) is 0 Å². The minimum Gasteiger partial charge on any atom is -0.387 e. The Labute approximate surface area is 119 Å². The zero-order valence-corrected chi connectivity index (χ0v) is 12.2. The topological polar surface area (TPSA) is 33.3 Å². The highest BCUT2D eigenvalue weighted by atomic mass is 19.4. The average molecular weight is 294 g/mol. The maximum absolute atomic E-state index is 11.0. The molecule has 3 nitrogen and oxygen atoms in total. The second-order valence-electron chi connectivity index (χ2n) is 3.61. The maximum atomic E-state index is 11.0. The van der Waals surface area contributed by atoms with Crippen molar-refractivity contribution in [3.05, 3.63) is 37.1 Å². The zero-order valence-electron chi connectivity index (χ0n) is 12.2. The molecule has 0 saturated heterocycles. The fraction of sp³-hybridized carbons (Fsp3) is 0.571. The number of ether oxygens (including phenoxy) is 1. The molecule has 2 N–H and O–H groups in total. The predicted octanol–water partition coefficient (Wildman–Crippen LogP) is 3.37. The molecule has 0 aromatic heterocycles. The number of alkyl halides is 3. The van der Waals surface area contributed by atoms with E-state index in [1.165, 1.54) is 5.70 Å². The van der Waals surface area contributed by atoms with E-state index < -0.39 is 13.0 Å². The molecule has 0 atom stereocenters. The smallest absolute Gasteiger partial charge is 0.387 e. The Morgan fingerprint density at radius 2 is 1.85 bits per heavy atom. The summed E-state index contributed by atoms with van der Waals surface area (Å²) in [5.74, 6) is 0. The number of hydrogen-bond donors (Lipinski definition) is 2. The monoisotopic (exact) mass is 294 g/mol. The van der Waals surface area contributed by atoms with Crippen LogP contribution in [0.25, 0.3) is 0 Å². The number of halogens is 3. The molecular weight excluding hydrogens is 269 g/mol. The molecule has 0 saturated carbocycles. The molecule has 0 aliphatic rings. The molecule has 0 unspecified atom stereocenters. The molecule has 0 bridgehead atoms. The lowest BCUT2D eigenvalue weighted by molar-refractivity contribution is -0.319. The van der Waals surface area contributed by atoms with Crippen molar-refractivity contribution < 1.29 is 17.9 Å². The Bertz CT molecular complexity index is 276. The van der Waals surface area contributed by atoms with Crippen molar-refractivity contribution in [1.29, 1.82) is 0 Å². The molecule has 0 aromatic rings. The lowest BCUT2D eigenvalue weighted by Gasteiger charge is -2.08. The summed E-state index contributed by atoms with van der Waals surface area (Å²) < 4.78 is 36.2. The summed E-state index contributed by atoms with van der Waals surface area (Å²) in [7, 11) is 0. The van der Waals surface area contributed by atoms with Gasteiger partial charge in [-0.15, -0.1) is 19.8 Å². The normalized spacial score (nSPS) is 11.3. The summed E-state index contributed by atoms with van der Waals surface area (Å²) >= 11 is 0. The number of hydrogen-bond acceptors (Lipinski definition) is 3. The maximum Gasteiger partial charge on any atom is 0.522 e. The van der Waals surface area contributed by atoms with Crippen LogP contribution in [0.1, 0.15) is 20.3 Å². The van der Waals surface area contributed by atoms with Gasteiger partial charge in [-0.3, -0.25) is 4.74 Å². The SMILES string of the molecule is C=C/C=C(\CC)NCCNCC.C=CCOC(F)(F)F. The molecule has 0 aromatic carbocycles. The first-order valence-electron chi connectivity index (χ1n) is 6.48. The van der Waals surface area contributed by atoms with E-state index in [1.54, 1.807) is 0 Å². The van der Waals surface area contributed by atoms with Gasteiger partial charge in [0.25, 0.3) is 0 Å². The number of rotatable bonds is 9. The van der Waals surface area contributed by atoms with Gasteiger partial charge in [0.2, 0.25) is 0 Å². The molecule has 0 aliphatic heterocycles. The van der Waals surface area contributed by atoms with E-state index in [0.29, 0.717) is 0 Å². The van der Waals surface area contributed by atoms with Crippen molar-refractivity contribution in [2.24, 2.45) is 0 Å². The first-order chi connectivity index (χ1) is 9.41. The van der Waals surface area contributed by atoms with Crippen LogP contribution in [0.15, 0.2) is 37.1 Å². The molecule has 0 heterocycles. The van der Waals surface area contributed by atoms with Gasteiger partial charge in [0, 0.05) is 18.8 Å². The molecule has 0 aliphatic carbocycles. The summed E-state index contributed by atoms with van der Waals surface area (Å²) in [6, 6.07) is 0. The minimum absolute atomic E-state index is 0.483. The lowest BCUT2D eigenvalue weighted by Crippen LogP contribution is -2.26. The fourth-order valence-electron chi connectivity index (χ4n) is 1.09. The molecule has 6 heteroatoms. The fourth-order valence-corrected chi connectivity index (χ4v) is 1.09. The predicted molar refractivity (Wildman–Crippen MR) is 77.3 cm³/mol. The van der Waals surface area contributed by atoms with Crippen LogP contribution in [-0.2, 0) is 4.74 Å². The molecule has 118 valence electrons. The standard InChI is InChI=1S/C10H20N2.C4H5F3O/c1-4-7-10(5-2)12-9-8-11-6-3;1-2-3-8-4(5,6)7/h4,7,11-12H,1,5-6,8-9H2,2-3H3;2H,1,3H2/b10-7+;. The third-order valence-corrected chi connectivity index (χ3v) is 1.97. The third-order valence-electron chi connectivity index (χ3n) is 1.97. The highest BCUT2D eigenvalue weighted by Gasteiger charge is 2.27. The minimum atomic E-state index is -4.52. The van der Waals surface area contributed by atoms with Crippen LogP contribution in [0.4, 0.5) is 13.2 Å². The van der Waals surface area contributed by atoms with E-state index in [9.17, 15) is 13.2 Å². The molecule has 0 amide bonds. The zero-order chi connectivity index (χ0) is 15.9. The molecule has 0 radical (unpaired) electrons. The molecule has 0 fully saturated rings. The third kappa shape index (κ3) is 19.1. The van der Waals surface area contributed by atoms with Gasteiger partial charge >= 0.3 is 6.36 Å². The summed E-state index contributed by atoms with van der Waals surface area (Å²) in [6.45, 7) is 13.5. The first kappa shape index (κ1) is 21.0. The Morgan fingerprint density at radius 1 is 1.20 bits per heavy atom. The largest absolute Gasteiger partial charge is 0.522 e. The van der Waals surface area contributed by atoms with Crippen LogP contribution in [0, 0.1) is 0 Å². The Morgan fingerprint density at radius 3 is 2.20 bits per heavy atom. The highest BCUT2D eigenvalue weighted by Crippen LogP contribution is 2.15. The van der Waals surface area contributed by atoms with Crippen molar-refractivity contribution in [1.82, 2.24) is 10.6 Å². The Hall–Kier alpha value is -1.27. The van der Waals surface area contributed by atoms with Gasteiger partial charge in [-0.1, -0.05) is 32.6 Å². The Balaban J connectivity index is 0. The van der Waals surface area contributed by atoms with Crippen LogP contribution in [-0.4, -0.2) is 32.6 Å². The molecule has 0 spiro atoms. The second kappa shape index (κ2) is 14.1. The molecule has 0 rings (SSSR count). The van der Waals surface area contributed by atoms with E-state index in [-0.39, 0.29) is 0 Å². The van der Waals surface area contributed by atoms with Gasteiger partial charge in [-0.2, -0.15) is 0 Å². The number of allylic oxidation sites excluding steroid dienone is 3. The van der Waals surface area contributed by atoms with Crippen LogP contribution < -0.4 is 10.6 Å². The van der Waals surface area contributed by atoms with Crippen molar-refractivity contribution in [3.8, 4) is 0 Å². The second-order valence-corrected chi connectivity index (χ2v) is 3.61. The molecular formula is C14H25F3N2O. The quantitative estimate of drug-likeness (QED) is 0.388. The molecule has 20 heavy (non-hydrogen) atoms. The van der Waals surface area contributed by atoms with Crippen LogP contribution in [0.2, 0.25) is 0 Å². The van der Waals surface area contributed by atoms with Crippen molar-refractivity contribution in [3.63, 3.8) is 0 Å². The summed E-state index contributed by atoms with van der Waals surface area (Å²) in [4.78, 5) is 0. The van der Waals surface area contributed by atoms with Gasteiger partial charge in [-0.25, -0.2) is 0 Å². The lowest BCUT2D eigenvalue weighted by atomic mass is 10.3. The van der Waals surface area contributed by atoms with Crippen LogP contribution in [0.5, 0.6) is 0 Å². The van der Waals surface area contributed by atoms with Crippen molar-refractivity contribution >= 4 is 0 Å².